The maximum absolute atomic E-state index is 12.3. The Labute approximate surface area is 180 Å². The van der Waals surface area contributed by atoms with Crippen LogP contribution in [0.25, 0.3) is 11.0 Å². The molecule has 1 aliphatic heterocycles. The predicted octanol–water partition coefficient (Wildman–Crippen LogP) is 4.07. The highest BCUT2D eigenvalue weighted by Crippen LogP contribution is 2.33. The fraction of sp³-hybridized carbons (Fsp3) is 0.238. The van der Waals surface area contributed by atoms with E-state index in [1.807, 2.05) is 29.2 Å². The molecule has 1 aliphatic rings. The SMILES string of the molecule is O=c1oc2ccccc2c(N=C(Cc2ccc(Br)cc2)N2CCOCC2)c1[N+](=O)[O-]. The molecule has 0 unspecified atom stereocenters. The molecule has 0 saturated carbocycles. The number of para-hydroxylation sites is 1. The van der Waals surface area contributed by atoms with E-state index in [9.17, 15) is 14.9 Å². The summed E-state index contributed by atoms with van der Waals surface area (Å²) < 4.78 is 11.5. The van der Waals surface area contributed by atoms with E-state index in [4.69, 9.17) is 9.15 Å². The lowest BCUT2D eigenvalue weighted by atomic mass is 10.1. The summed E-state index contributed by atoms with van der Waals surface area (Å²) in [6.07, 6.45) is 0.457. The van der Waals surface area contributed by atoms with Crippen LogP contribution >= 0.6 is 15.9 Å². The number of hydrogen-bond donors (Lipinski definition) is 0. The molecule has 0 N–H and O–H groups in total. The summed E-state index contributed by atoms with van der Waals surface area (Å²) in [4.78, 5) is 30.0. The second-order valence-electron chi connectivity index (χ2n) is 6.77. The number of hydrogen-bond acceptors (Lipinski definition) is 6. The Morgan fingerprint density at radius 1 is 1.13 bits per heavy atom. The summed E-state index contributed by atoms with van der Waals surface area (Å²) in [5, 5.41) is 12.1. The molecule has 1 saturated heterocycles. The zero-order valence-electron chi connectivity index (χ0n) is 15.9. The summed E-state index contributed by atoms with van der Waals surface area (Å²) in [6.45, 7) is 2.31. The van der Waals surface area contributed by atoms with Gasteiger partial charge < -0.3 is 14.1 Å². The topological polar surface area (TPSA) is 98.2 Å². The van der Waals surface area contributed by atoms with E-state index >= 15 is 0 Å². The van der Waals surface area contributed by atoms with Crippen molar-refractivity contribution in [1.82, 2.24) is 4.90 Å². The maximum atomic E-state index is 12.3. The van der Waals surface area contributed by atoms with Crippen LogP contribution in [0, 0.1) is 10.1 Å². The summed E-state index contributed by atoms with van der Waals surface area (Å²) in [7, 11) is 0. The second-order valence-corrected chi connectivity index (χ2v) is 7.69. The Kier molecular flexibility index (Phi) is 5.91. The van der Waals surface area contributed by atoms with E-state index in [2.05, 4.69) is 20.9 Å². The fourth-order valence-corrected chi connectivity index (χ4v) is 3.62. The first kappa shape index (κ1) is 20.2. The molecule has 0 bridgehead atoms. The van der Waals surface area contributed by atoms with Crippen molar-refractivity contribution in [2.45, 2.75) is 6.42 Å². The molecule has 1 aromatic heterocycles. The molecule has 2 heterocycles. The molecular formula is C21H18BrN3O5. The smallest absolute Gasteiger partial charge is 0.417 e. The van der Waals surface area contributed by atoms with E-state index in [0.717, 1.165) is 10.0 Å². The number of rotatable bonds is 4. The molecule has 1 fully saturated rings. The fourth-order valence-electron chi connectivity index (χ4n) is 3.36. The van der Waals surface area contributed by atoms with Crippen molar-refractivity contribution in [1.29, 1.82) is 0 Å². The third-order valence-corrected chi connectivity index (χ3v) is 5.37. The van der Waals surface area contributed by atoms with E-state index in [-0.39, 0.29) is 11.3 Å². The van der Waals surface area contributed by atoms with Gasteiger partial charge in [0.15, 0.2) is 5.69 Å². The van der Waals surface area contributed by atoms with E-state index in [1.54, 1.807) is 24.3 Å². The van der Waals surface area contributed by atoms with Gasteiger partial charge in [0.1, 0.15) is 11.4 Å². The van der Waals surface area contributed by atoms with Crippen LogP contribution in [-0.4, -0.2) is 42.0 Å². The van der Waals surface area contributed by atoms with Crippen molar-refractivity contribution in [2.75, 3.05) is 26.3 Å². The first-order valence-electron chi connectivity index (χ1n) is 9.38. The molecule has 3 aromatic rings. The van der Waals surface area contributed by atoms with Gasteiger partial charge in [0.2, 0.25) is 0 Å². The minimum Gasteiger partial charge on any atom is -0.418 e. The van der Waals surface area contributed by atoms with Crippen LogP contribution in [0.15, 0.2) is 67.2 Å². The van der Waals surface area contributed by atoms with E-state index in [0.29, 0.717) is 43.9 Å². The van der Waals surface area contributed by atoms with Gasteiger partial charge in [0.25, 0.3) is 0 Å². The molecule has 0 spiro atoms. The highest BCUT2D eigenvalue weighted by atomic mass is 79.9. The Balaban J connectivity index is 1.89. The first-order valence-corrected chi connectivity index (χ1v) is 10.2. The maximum Gasteiger partial charge on any atom is 0.417 e. The average molecular weight is 472 g/mol. The van der Waals surface area contributed by atoms with Crippen molar-refractivity contribution in [3.63, 3.8) is 0 Å². The summed E-state index contributed by atoms with van der Waals surface area (Å²) in [5.41, 5.74) is -0.390. The van der Waals surface area contributed by atoms with Gasteiger partial charge in [-0.3, -0.25) is 10.1 Å². The molecule has 0 radical (unpaired) electrons. The number of benzene rings is 2. The molecule has 8 nitrogen and oxygen atoms in total. The van der Waals surface area contributed by atoms with Crippen molar-refractivity contribution in [2.24, 2.45) is 4.99 Å². The number of morpholine rings is 1. The van der Waals surface area contributed by atoms with Crippen molar-refractivity contribution in [3.05, 3.63) is 79.1 Å². The Morgan fingerprint density at radius 3 is 2.53 bits per heavy atom. The van der Waals surface area contributed by atoms with Gasteiger partial charge in [0, 0.05) is 24.0 Å². The van der Waals surface area contributed by atoms with Gasteiger partial charge in [-0.1, -0.05) is 40.2 Å². The highest BCUT2D eigenvalue weighted by Gasteiger charge is 2.26. The largest absolute Gasteiger partial charge is 0.418 e. The van der Waals surface area contributed by atoms with Crippen LogP contribution in [0.3, 0.4) is 0 Å². The normalized spacial score (nSPS) is 14.8. The van der Waals surface area contributed by atoms with Gasteiger partial charge in [-0.05, 0) is 29.8 Å². The van der Waals surface area contributed by atoms with Gasteiger partial charge >= 0.3 is 11.3 Å². The van der Waals surface area contributed by atoms with Crippen LogP contribution in [0.5, 0.6) is 0 Å². The minimum absolute atomic E-state index is 0.0189. The number of aliphatic imine (C=N–C) groups is 1. The van der Waals surface area contributed by atoms with Crippen molar-refractivity contribution in [3.8, 4) is 0 Å². The number of nitro groups is 1. The van der Waals surface area contributed by atoms with Crippen molar-refractivity contribution < 1.29 is 14.1 Å². The quantitative estimate of drug-likeness (QED) is 0.187. The number of fused-ring (bicyclic) bond motifs is 1. The standard InChI is InChI=1S/C21H18BrN3O5/c22-15-7-5-14(6-8-15)13-18(24-9-11-29-12-10-24)23-19-16-3-1-2-4-17(16)30-21(26)20(19)25(27)28/h1-8H,9-13H2. The van der Waals surface area contributed by atoms with Gasteiger partial charge in [-0.25, -0.2) is 9.79 Å². The minimum atomic E-state index is -1.01. The first-order chi connectivity index (χ1) is 14.5. The molecule has 9 heteroatoms. The zero-order valence-corrected chi connectivity index (χ0v) is 17.5. The van der Waals surface area contributed by atoms with Gasteiger partial charge in [-0.2, -0.15) is 0 Å². The van der Waals surface area contributed by atoms with Crippen molar-refractivity contribution >= 4 is 44.1 Å². The van der Waals surface area contributed by atoms with Crippen LogP contribution < -0.4 is 5.63 Å². The monoisotopic (exact) mass is 471 g/mol. The van der Waals surface area contributed by atoms with Gasteiger partial charge in [0.05, 0.1) is 23.5 Å². The zero-order chi connectivity index (χ0) is 21.1. The summed E-state index contributed by atoms with van der Waals surface area (Å²) >= 11 is 3.43. The van der Waals surface area contributed by atoms with Crippen LogP contribution in [0.2, 0.25) is 0 Å². The lowest BCUT2D eigenvalue weighted by Gasteiger charge is -2.30. The lowest BCUT2D eigenvalue weighted by Crippen LogP contribution is -2.41. The number of ether oxygens (including phenoxy) is 1. The summed E-state index contributed by atoms with van der Waals surface area (Å²) in [6, 6.07) is 14.5. The number of halogens is 1. The van der Waals surface area contributed by atoms with E-state index < -0.39 is 16.2 Å². The molecule has 0 aliphatic carbocycles. The van der Waals surface area contributed by atoms with Crippen LogP contribution in [0.1, 0.15) is 5.56 Å². The third-order valence-electron chi connectivity index (χ3n) is 4.84. The highest BCUT2D eigenvalue weighted by molar-refractivity contribution is 9.10. The molecular weight excluding hydrogens is 454 g/mol. The van der Waals surface area contributed by atoms with Crippen LogP contribution in [0.4, 0.5) is 11.4 Å². The van der Waals surface area contributed by atoms with Crippen LogP contribution in [-0.2, 0) is 11.2 Å². The molecule has 2 aromatic carbocycles. The molecule has 4 rings (SSSR count). The Bertz CT molecular complexity index is 1170. The van der Waals surface area contributed by atoms with Gasteiger partial charge in [-0.15, -0.1) is 0 Å². The Morgan fingerprint density at radius 2 is 1.83 bits per heavy atom. The number of nitrogens with zero attached hydrogens (tertiary/aromatic N) is 3. The second kappa shape index (κ2) is 8.76. The molecule has 0 amide bonds. The third kappa shape index (κ3) is 4.27. The van der Waals surface area contributed by atoms with E-state index in [1.165, 1.54) is 0 Å². The summed E-state index contributed by atoms with van der Waals surface area (Å²) in [5.74, 6) is 0.638. The number of amidine groups is 1. The Hall–Kier alpha value is -3.04. The molecule has 154 valence electrons. The molecule has 30 heavy (non-hydrogen) atoms. The predicted molar refractivity (Wildman–Crippen MR) is 116 cm³/mol. The lowest BCUT2D eigenvalue weighted by molar-refractivity contribution is -0.386. The molecule has 0 atom stereocenters. The average Bonchev–Trinajstić information content (AvgIpc) is 2.75.